The van der Waals surface area contributed by atoms with Crippen LogP contribution in [0.4, 0.5) is 5.69 Å². The van der Waals surface area contributed by atoms with E-state index in [1.807, 2.05) is 12.1 Å². The average molecular weight is 246 g/mol. The molecular formula is C14H18N2O2. The molecule has 4 nitrogen and oxygen atoms in total. The van der Waals surface area contributed by atoms with Crippen LogP contribution in [0.2, 0.25) is 0 Å². The molecule has 0 fully saturated rings. The van der Waals surface area contributed by atoms with E-state index >= 15 is 0 Å². The van der Waals surface area contributed by atoms with E-state index in [2.05, 4.69) is 25.8 Å². The maximum absolute atomic E-state index is 5.63. The summed E-state index contributed by atoms with van der Waals surface area (Å²) < 4.78 is 11.2. The van der Waals surface area contributed by atoms with Crippen LogP contribution in [0.5, 0.6) is 5.75 Å². The van der Waals surface area contributed by atoms with Crippen molar-refractivity contribution in [3.05, 3.63) is 42.1 Å². The summed E-state index contributed by atoms with van der Waals surface area (Å²) in [6.45, 7) is 6.56. The van der Waals surface area contributed by atoms with Crippen LogP contribution in [0.3, 0.4) is 0 Å². The van der Waals surface area contributed by atoms with Crippen molar-refractivity contribution < 1.29 is 9.15 Å². The highest BCUT2D eigenvalue weighted by Gasteiger charge is 2.19. The molecule has 0 atom stereocenters. The Balaban J connectivity index is 1.98. The lowest BCUT2D eigenvalue weighted by Gasteiger charge is -2.13. The van der Waals surface area contributed by atoms with Gasteiger partial charge in [-0.2, -0.15) is 0 Å². The normalized spacial score (nSPS) is 11.5. The highest BCUT2D eigenvalue weighted by Crippen LogP contribution is 2.23. The second kappa shape index (κ2) is 4.72. The number of nitrogens with zero attached hydrogens (tertiary/aromatic N) is 1. The van der Waals surface area contributed by atoms with Gasteiger partial charge in [-0.15, -0.1) is 0 Å². The number of anilines is 1. The number of benzene rings is 1. The predicted octanol–water partition coefficient (Wildman–Crippen LogP) is 3.13. The van der Waals surface area contributed by atoms with Crippen LogP contribution in [0.1, 0.15) is 32.4 Å². The van der Waals surface area contributed by atoms with Gasteiger partial charge in [0.05, 0.1) is 6.20 Å². The first-order valence-electron chi connectivity index (χ1n) is 5.89. The molecule has 1 heterocycles. The van der Waals surface area contributed by atoms with Gasteiger partial charge in [-0.1, -0.05) is 20.8 Å². The Morgan fingerprint density at radius 1 is 1.22 bits per heavy atom. The zero-order chi connectivity index (χ0) is 13.2. The fourth-order valence-electron chi connectivity index (χ4n) is 1.43. The van der Waals surface area contributed by atoms with E-state index < -0.39 is 0 Å². The molecule has 0 radical (unpaired) electrons. The number of nitrogens with two attached hydrogens (primary N) is 1. The van der Waals surface area contributed by atoms with Gasteiger partial charge >= 0.3 is 0 Å². The summed E-state index contributed by atoms with van der Waals surface area (Å²) in [6, 6.07) is 7.24. The molecule has 2 rings (SSSR count). The molecule has 0 aliphatic rings. The summed E-state index contributed by atoms with van der Waals surface area (Å²) in [5, 5.41) is 0. The standard InChI is InChI=1S/C14H18N2O2/c1-14(2,3)12-8-16-13(18-12)9-17-11-6-4-10(15)5-7-11/h4-8H,9,15H2,1-3H3. The maximum atomic E-state index is 5.63. The molecular weight excluding hydrogens is 228 g/mol. The van der Waals surface area contributed by atoms with Crippen LogP contribution in [0.15, 0.2) is 34.9 Å². The molecule has 0 amide bonds. The molecule has 0 aliphatic heterocycles. The molecule has 18 heavy (non-hydrogen) atoms. The summed E-state index contributed by atoms with van der Waals surface area (Å²) in [5.74, 6) is 2.19. The van der Waals surface area contributed by atoms with E-state index in [1.54, 1.807) is 18.3 Å². The first kappa shape index (κ1) is 12.5. The van der Waals surface area contributed by atoms with Gasteiger partial charge in [0.2, 0.25) is 5.89 Å². The highest BCUT2D eigenvalue weighted by atomic mass is 16.5. The van der Waals surface area contributed by atoms with E-state index in [0.29, 0.717) is 18.2 Å². The maximum Gasteiger partial charge on any atom is 0.232 e. The largest absolute Gasteiger partial charge is 0.484 e. The van der Waals surface area contributed by atoms with Crippen molar-refractivity contribution in [3.63, 3.8) is 0 Å². The summed E-state index contributed by atoms with van der Waals surface area (Å²) >= 11 is 0. The number of rotatable bonds is 3. The zero-order valence-electron chi connectivity index (χ0n) is 10.9. The summed E-state index contributed by atoms with van der Waals surface area (Å²) in [4.78, 5) is 4.20. The Morgan fingerprint density at radius 3 is 2.44 bits per heavy atom. The van der Waals surface area contributed by atoms with Crippen LogP contribution < -0.4 is 10.5 Å². The van der Waals surface area contributed by atoms with Gasteiger partial charge in [-0.05, 0) is 24.3 Å². The van der Waals surface area contributed by atoms with Crippen molar-refractivity contribution in [3.8, 4) is 5.75 Å². The van der Waals surface area contributed by atoms with E-state index in [9.17, 15) is 0 Å². The lowest BCUT2D eigenvalue weighted by atomic mass is 9.94. The van der Waals surface area contributed by atoms with Gasteiger partial charge in [0.25, 0.3) is 0 Å². The Morgan fingerprint density at radius 2 is 1.89 bits per heavy atom. The Hall–Kier alpha value is -1.97. The second-order valence-corrected chi connectivity index (χ2v) is 5.23. The van der Waals surface area contributed by atoms with Gasteiger partial charge in [0, 0.05) is 11.1 Å². The third-order valence-electron chi connectivity index (χ3n) is 2.54. The number of aromatic nitrogens is 1. The third-order valence-corrected chi connectivity index (χ3v) is 2.54. The first-order valence-corrected chi connectivity index (χ1v) is 5.89. The SMILES string of the molecule is CC(C)(C)c1cnc(COc2ccc(N)cc2)o1. The number of hydrogen-bond acceptors (Lipinski definition) is 4. The Labute approximate surface area is 107 Å². The molecule has 2 N–H and O–H groups in total. The average Bonchev–Trinajstić information content (AvgIpc) is 2.77. The van der Waals surface area contributed by atoms with Crippen LogP contribution in [0, 0.1) is 0 Å². The summed E-state index contributed by atoms with van der Waals surface area (Å²) in [6.07, 6.45) is 1.75. The topological polar surface area (TPSA) is 61.3 Å². The van der Waals surface area contributed by atoms with Gasteiger partial charge in [-0.3, -0.25) is 0 Å². The van der Waals surface area contributed by atoms with Crippen molar-refractivity contribution in [1.82, 2.24) is 4.98 Å². The molecule has 0 aliphatic carbocycles. The van der Waals surface area contributed by atoms with Gasteiger partial charge < -0.3 is 14.9 Å². The number of hydrogen-bond donors (Lipinski definition) is 1. The smallest absolute Gasteiger partial charge is 0.232 e. The minimum atomic E-state index is -0.0353. The highest BCUT2D eigenvalue weighted by molar-refractivity contribution is 5.41. The van der Waals surface area contributed by atoms with Crippen LogP contribution in [-0.4, -0.2) is 4.98 Å². The lowest BCUT2D eigenvalue weighted by molar-refractivity contribution is 0.252. The van der Waals surface area contributed by atoms with Crippen LogP contribution in [-0.2, 0) is 12.0 Å². The summed E-state index contributed by atoms with van der Waals surface area (Å²) in [7, 11) is 0. The quantitative estimate of drug-likeness (QED) is 0.845. The number of oxazole rings is 1. The van der Waals surface area contributed by atoms with Crippen molar-refractivity contribution in [2.24, 2.45) is 0 Å². The van der Waals surface area contributed by atoms with E-state index in [1.165, 1.54) is 0 Å². The van der Waals surface area contributed by atoms with Crippen molar-refractivity contribution in [2.45, 2.75) is 32.8 Å². The van der Waals surface area contributed by atoms with Crippen LogP contribution in [0.25, 0.3) is 0 Å². The van der Waals surface area contributed by atoms with Crippen molar-refractivity contribution in [2.75, 3.05) is 5.73 Å². The van der Waals surface area contributed by atoms with Crippen LogP contribution >= 0.6 is 0 Å². The molecule has 1 aromatic carbocycles. The predicted molar refractivity (Wildman–Crippen MR) is 70.4 cm³/mol. The van der Waals surface area contributed by atoms with Gasteiger partial charge in [-0.25, -0.2) is 4.98 Å². The monoisotopic (exact) mass is 246 g/mol. The molecule has 2 aromatic rings. The van der Waals surface area contributed by atoms with Gasteiger partial charge in [0.1, 0.15) is 11.5 Å². The lowest BCUT2D eigenvalue weighted by Crippen LogP contribution is -2.09. The summed E-state index contributed by atoms with van der Waals surface area (Å²) in [5.41, 5.74) is 6.28. The second-order valence-electron chi connectivity index (χ2n) is 5.23. The third kappa shape index (κ3) is 3.03. The molecule has 96 valence electrons. The molecule has 0 unspecified atom stereocenters. The molecule has 0 bridgehead atoms. The van der Waals surface area contributed by atoms with E-state index in [4.69, 9.17) is 14.9 Å². The number of nitrogen functional groups attached to an aromatic ring is 1. The van der Waals surface area contributed by atoms with Crippen molar-refractivity contribution in [1.29, 1.82) is 0 Å². The first-order chi connectivity index (χ1) is 8.45. The minimum Gasteiger partial charge on any atom is -0.484 e. The molecule has 0 saturated carbocycles. The Bertz CT molecular complexity index is 509. The molecule has 0 saturated heterocycles. The molecule has 4 heteroatoms. The fraction of sp³-hybridized carbons (Fsp3) is 0.357. The van der Waals surface area contributed by atoms with E-state index in [-0.39, 0.29) is 5.41 Å². The zero-order valence-corrected chi connectivity index (χ0v) is 10.9. The van der Waals surface area contributed by atoms with Gasteiger partial charge in [0.15, 0.2) is 6.61 Å². The molecule has 0 spiro atoms. The van der Waals surface area contributed by atoms with Crippen molar-refractivity contribution >= 4 is 5.69 Å². The fourth-order valence-corrected chi connectivity index (χ4v) is 1.43. The van der Waals surface area contributed by atoms with E-state index in [0.717, 1.165) is 11.5 Å². The number of ether oxygens (including phenoxy) is 1. The minimum absolute atomic E-state index is 0.0353. The Kier molecular flexibility index (Phi) is 3.28. The molecule has 1 aromatic heterocycles.